The molecule has 1 fully saturated rings. The summed E-state index contributed by atoms with van der Waals surface area (Å²) in [5.74, 6) is 0.395. The van der Waals surface area contributed by atoms with E-state index in [2.05, 4.69) is 27.7 Å². The van der Waals surface area contributed by atoms with Crippen molar-refractivity contribution in [3.8, 4) is 5.75 Å². The number of halogens is 1. The molecule has 0 aromatic heterocycles. The summed E-state index contributed by atoms with van der Waals surface area (Å²) in [6, 6.07) is 22.6. The van der Waals surface area contributed by atoms with E-state index in [0.29, 0.717) is 16.5 Å². The van der Waals surface area contributed by atoms with E-state index in [0.717, 1.165) is 24.3 Å². The van der Waals surface area contributed by atoms with Crippen LogP contribution < -0.4 is 20.3 Å². The van der Waals surface area contributed by atoms with Crippen molar-refractivity contribution in [2.24, 2.45) is 0 Å². The Morgan fingerprint density at radius 1 is 0.968 bits per heavy atom. The van der Waals surface area contributed by atoms with E-state index < -0.39 is 6.04 Å². The summed E-state index contributed by atoms with van der Waals surface area (Å²) < 4.78 is 5.19. The van der Waals surface area contributed by atoms with Gasteiger partial charge in [0, 0.05) is 30.2 Å². The number of benzene rings is 3. The highest BCUT2D eigenvalue weighted by molar-refractivity contribution is 6.32. The molecule has 4 rings (SSSR count). The molecule has 6 heteroatoms. The molecule has 2 N–H and O–H groups in total. The number of nitrogens with one attached hydrogen (secondary N) is 2. The van der Waals surface area contributed by atoms with E-state index in [1.54, 1.807) is 25.3 Å². The van der Waals surface area contributed by atoms with Crippen molar-refractivity contribution in [3.05, 3.63) is 83.4 Å². The predicted molar refractivity (Wildman–Crippen MR) is 127 cm³/mol. The van der Waals surface area contributed by atoms with E-state index in [1.807, 2.05) is 42.5 Å². The fraction of sp³-hybridized carbons (Fsp3) is 0.240. The highest BCUT2D eigenvalue weighted by Crippen LogP contribution is 2.29. The summed E-state index contributed by atoms with van der Waals surface area (Å²) >= 11 is 6.21. The van der Waals surface area contributed by atoms with Crippen LogP contribution in [0, 0.1) is 0 Å². The molecule has 1 saturated heterocycles. The minimum atomic E-state index is -0.556. The largest absolute Gasteiger partial charge is 0.495 e. The Labute approximate surface area is 188 Å². The van der Waals surface area contributed by atoms with Crippen LogP contribution in [0.5, 0.6) is 5.75 Å². The minimum absolute atomic E-state index is 0.170. The van der Waals surface area contributed by atoms with E-state index in [4.69, 9.17) is 16.3 Å². The van der Waals surface area contributed by atoms with E-state index in [9.17, 15) is 4.79 Å². The van der Waals surface area contributed by atoms with Gasteiger partial charge in [-0.15, -0.1) is 0 Å². The molecule has 31 heavy (non-hydrogen) atoms. The van der Waals surface area contributed by atoms with Gasteiger partial charge in [0.1, 0.15) is 11.8 Å². The van der Waals surface area contributed by atoms with Gasteiger partial charge in [0.15, 0.2) is 0 Å². The first-order valence-electron chi connectivity index (χ1n) is 10.4. The quantitative estimate of drug-likeness (QED) is 0.496. The van der Waals surface area contributed by atoms with Gasteiger partial charge in [-0.3, -0.25) is 4.79 Å². The lowest BCUT2D eigenvalue weighted by atomic mass is 10.1. The first-order chi connectivity index (χ1) is 15.1. The molecule has 0 aliphatic carbocycles. The molecule has 0 radical (unpaired) electrons. The standard InChI is InChI=1S/C25H26ClN3O2/c1-31-23-14-11-20(17-22(23)26)28-25(30)24(18-7-3-2-4-8-18)27-19-9-12-21(13-10-19)29-15-5-6-16-29/h2-4,7-14,17,24,27H,5-6,15-16H2,1H3,(H,28,30). The molecule has 1 atom stereocenters. The zero-order valence-corrected chi connectivity index (χ0v) is 18.2. The van der Waals surface area contributed by atoms with Gasteiger partial charge < -0.3 is 20.3 Å². The average Bonchev–Trinajstić information content (AvgIpc) is 3.33. The number of rotatable bonds is 7. The Bertz CT molecular complexity index is 1020. The fourth-order valence-corrected chi connectivity index (χ4v) is 4.07. The van der Waals surface area contributed by atoms with Crippen LogP contribution in [-0.4, -0.2) is 26.1 Å². The van der Waals surface area contributed by atoms with E-state index in [1.165, 1.54) is 18.5 Å². The number of carbonyl (C=O) groups is 1. The SMILES string of the molecule is COc1ccc(NC(=O)C(Nc2ccc(N3CCCC3)cc2)c2ccccc2)cc1Cl. The molecular weight excluding hydrogens is 410 g/mol. The Hall–Kier alpha value is -3.18. The number of carbonyl (C=O) groups excluding carboxylic acids is 1. The van der Waals surface area contributed by atoms with Crippen LogP contribution >= 0.6 is 11.6 Å². The Morgan fingerprint density at radius 3 is 2.29 bits per heavy atom. The number of methoxy groups -OCH3 is 1. The lowest BCUT2D eigenvalue weighted by Crippen LogP contribution is -2.27. The maximum Gasteiger partial charge on any atom is 0.251 e. The second-order valence-electron chi connectivity index (χ2n) is 7.57. The summed E-state index contributed by atoms with van der Waals surface area (Å²) in [6.07, 6.45) is 2.48. The Kier molecular flexibility index (Phi) is 6.63. The molecule has 1 amide bonds. The molecule has 3 aromatic carbocycles. The normalized spacial score (nSPS) is 14.2. The predicted octanol–water partition coefficient (Wildman–Crippen LogP) is 5.74. The third-order valence-electron chi connectivity index (χ3n) is 5.46. The topological polar surface area (TPSA) is 53.6 Å². The summed E-state index contributed by atoms with van der Waals surface area (Å²) in [7, 11) is 1.56. The molecule has 0 bridgehead atoms. The fourth-order valence-electron chi connectivity index (χ4n) is 3.81. The van der Waals surface area contributed by atoms with Crippen molar-refractivity contribution in [2.45, 2.75) is 18.9 Å². The van der Waals surface area contributed by atoms with Crippen molar-refractivity contribution in [1.82, 2.24) is 0 Å². The van der Waals surface area contributed by atoms with Crippen molar-refractivity contribution in [1.29, 1.82) is 0 Å². The van der Waals surface area contributed by atoms with Crippen LogP contribution in [0.25, 0.3) is 0 Å². The summed E-state index contributed by atoms with van der Waals surface area (Å²) in [5.41, 5.74) is 3.60. The third-order valence-corrected chi connectivity index (χ3v) is 5.76. The second-order valence-corrected chi connectivity index (χ2v) is 7.97. The van der Waals surface area contributed by atoms with Crippen LogP contribution in [0.1, 0.15) is 24.4 Å². The monoisotopic (exact) mass is 435 g/mol. The van der Waals surface area contributed by atoms with Crippen LogP contribution in [-0.2, 0) is 4.79 Å². The second kappa shape index (κ2) is 9.75. The zero-order valence-electron chi connectivity index (χ0n) is 17.5. The number of nitrogens with zero attached hydrogens (tertiary/aromatic N) is 1. The Balaban J connectivity index is 1.53. The Morgan fingerprint density at radius 2 is 1.65 bits per heavy atom. The van der Waals surface area contributed by atoms with Crippen molar-refractivity contribution in [2.75, 3.05) is 35.7 Å². The molecule has 160 valence electrons. The van der Waals surface area contributed by atoms with Gasteiger partial charge in [-0.2, -0.15) is 0 Å². The molecule has 0 saturated carbocycles. The van der Waals surface area contributed by atoms with E-state index >= 15 is 0 Å². The summed E-state index contributed by atoms with van der Waals surface area (Å²) in [4.78, 5) is 15.6. The first kappa shape index (κ1) is 21.1. The number of anilines is 3. The smallest absolute Gasteiger partial charge is 0.251 e. The van der Waals surface area contributed by atoms with Crippen LogP contribution in [0.3, 0.4) is 0 Å². The van der Waals surface area contributed by atoms with Gasteiger partial charge in [-0.1, -0.05) is 41.9 Å². The molecule has 0 spiro atoms. The number of amides is 1. The van der Waals surface area contributed by atoms with Gasteiger partial charge in [-0.25, -0.2) is 0 Å². The van der Waals surface area contributed by atoms with E-state index in [-0.39, 0.29) is 5.91 Å². The molecule has 5 nitrogen and oxygen atoms in total. The molecular formula is C25H26ClN3O2. The highest BCUT2D eigenvalue weighted by Gasteiger charge is 2.21. The summed E-state index contributed by atoms with van der Waals surface area (Å²) in [5, 5.41) is 6.79. The van der Waals surface area contributed by atoms with Gasteiger partial charge in [0.05, 0.1) is 12.1 Å². The van der Waals surface area contributed by atoms with Crippen molar-refractivity contribution in [3.63, 3.8) is 0 Å². The zero-order chi connectivity index (χ0) is 21.6. The van der Waals surface area contributed by atoms with Gasteiger partial charge in [0.2, 0.25) is 0 Å². The van der Waals surface area contributed by atoms with Crippen molar-refractivity contribution < 1.29 is 9.53 Å². The maximum atomic E-state index is 13.2. The minimum Gasteiger partial charge on any atom is -0.495 e. The first-order valence-corrected chi connectivity index (χ1v) is 10.8. The maximum absolute atomic E-state index is 13.2. The van der Waals surface area contributed by atoms with Gasteiger partial charge >= 0.3 is 0 Å². The number of hydrogen-bond donors (Lipinski definition) is 2. The molecule has 1 aliphatic rings. The van der Waals surface area contributed by atoms with Crippen molar-refractivity contribution >= 4 is 34.6 Å². The lowest BCUT2D eigenvalue weighted by Gasteiger charge is -2.22. The lowest BCUT2D eigenvalue weighted by molar-refractivity contribution is -0.117. The average molecular weight is 436 g/mol. The number of hydrogen-bond acceptors (Lipinski definition) is 4. The molecule has 3 aromatic rings. The molecule has 1 unspecified atom stereocenters. The molecule has 1 aliphatic heterocycles. The number of ether oxygens (including phenoxy) is 1. The summed E-state index contributed by atoms with van der Waals surface area (Å²) in [6.45, 7) is 2.21. The van der Waals surface area contributed by atoms with Gasteiger partial charge in [-0.05, 0) is 60.9 Å². The van der Waals surface area contributed by atoms with Crippen LogP contribution in [0.2, 0.25) is 5.02 Å². The molecule has 1 heterocycles. The van der Waals surface area contributed by atoms with Crippen LogP contribution in [0.4, 0.5) is 17.1 Å². The van der Waals surface area contributed by atoms with Crippen LogP contribution in [0.15, 0.2) is 72.8 Å². The third kappa shape index (κ3) is 5.12. The van der Waals surface area contributed by atoms with Gasteiger partial charge in [0.25, 0.3) is 5.91 Å². The highest BCUT2D eigenvalue weighted by atomic mass is 35.5.